The first-order valence-electron chi connectivity index (χ1n) is 6.86. The summed E-state index contributed by atoms with van der Waals surface area (Å²) >= 11 is 0. The van der Waals surface area contributed by atoms with Crippen LogP contribution in [0.25, 0.3) is 0 Å². The Morgan fingerprint density at radius 1 is 1.22 bits per heavy atom. The topological polar surface area (TPSA) is 72.2 Å². The molecule has 1 aliphatic carbocycles. The molecule has 0 aromatic heterocycles. The van der Waals surface area contributed by atoms with Crippen LogP contribution >= 0.6 is 0 Å². The van der Waals surface area contributed by atoms with E-state index >= 15 is 0 Å². The molecular weight excluding hydrogens is 248 g/mol. The van der Waals surface area contributed by atoms with E-state index in [4.69, 9.17) is 5.73 Å². The van der Waals surface area contributed by atoms with E-state index in [1.54, 1.807) is 0 Å². The minimum absolute atomic E-state index is 0.00873. The first-order valence-corrected chi connectivity index (χ1v) is 8.51. The van der Waals surface area contributed by atoms with E-state index in [2.05, 4.69) is 25.5 Å². The summed E-state index contributed by atoms with van der Waals surface area (Å²) in [6, 6.07) is 0. The maximum Gasteiger partial charge on any atom is 0.211 e. The average molecular weight is 276 g/mol. The number of rotatable bonds is 6. The summed E-state index contributed by atoms with van der Waals surface area (Å²) in [6.07, 6.45) is 5.11. The highest BCUT2D eigenvalue weighted by Crippen LogP contribution is 2.36. The summed E-state index contributed by atoms with van der Waals surface area (Å²) in [4.78, 5) is 0. The summed E-state index contributed by atoms with van der Waals surface area (Å²) in [5.41, 5.74) is 5.86. The van der Waals surface area contributed by atoms with Gasteiger partial charge in [0, 0.05) is 6.54 Å². The molecule has 0 amide bonds. The lowest BCUT2D eigenvalue weighted by Crippen LogP contribution is -2.41. The van der Waals surface area contributed by atoms with Crippen LogP contribution in [-0.2, 0) is 10.0 Å². The van der Waals surface area contributed by atoms with Gasteiger partial charge >= 0.3 is 0 Å². The Balaban J connectivity index is 2.46. The molecule has 0 radical (unpaired) electrons. The fourth-order valence-corrected chi connectivity index (χ4v) is 3.91. The van der Waals surface area contributed by atoms with Crippen molar-refractivity contribution < 1.29 is 8.42 Å². The van der Waals surface area contributed by atoms with Gasteiger partial charge in [-0.2, -0.15) is 0 Å². The number of hydrogen-bond donors (Lipinski definition) is 2. The second-order valence-corrected chi connectivity index (χ2v) is 8.79. The van der Waals surface area contributed by atoms with Crippen molar-refractivity contribution in [1.82, 2.24) is 4.72 Å². The maximum absolute atomic E-state index is 11.9. The van der Waals surface area contributed by atoms with Crippen LogP contribution in [0.2, 0.25) is 0 Å². The van der Waals surface area contributed by atoms with Gasteiger partial charge in [-0.1, -0.05) is 33.6 Å². The lowest BCUT2D eigenvalue weighted by atomic mass is 9.87. The molecule has 0 atom stereocenters. The van der Waals surface area contributed by atoms with Gasteiger partial charge in [-0.05, 0) is 36.6 Å². The zero-order valence-electron chi connectivity index (χ0n) is 12.0. The summed E-state index contributed by atoms with van der Waals surface area (Å²) in [6.45, 7) is 7.26. The summed E-state index contributed by atoms with van der Waals surface area (Å²) < 4.78 is 26.6. The first-order chi connectivity index (χ1) is 8.18. The molecule has 3 N–H and O–H groups in total. The van der Waals surface area contributed by atoms with Gasteiger partial charge in [-0.3, -0.25) is 0 Å². The monoisotopic (exact) mass is 276 g/mol. The van der Waals surface area contributed by atoms with Crippen molar-refractivity contribution in [2.45, 2.75) is 52.9 Å². The van der Waals surface area contributed by atoms with Gasteiger partial charge in [-0.15, -0.1) is 0 Å². The van der Waals surface area contributed by atoms with Crippen molar-refractivity contribution in [2.24, 2.45) is 16.6 Å². The minimum atomic E-state index is -3.16. The number of nitrogens with two attached hydrogens (primary N) is 1. The molecular formula is C13H28N2O2S. The first kappa shape index (κ1) is 15.9. The lowest BCUT2D eigenvalue weighted by Gasteiger charge is -2.27. The molecule has 0 unspecified atom stereocenters. The molecule has 18 heavy (non-hydrogen) atoms. The van der Waals surface area contributed by atoms with Crippen LogP contribution in [0.5, 0.6) is 0 Å². The van der Waals surface area contributed by atoms with Crippen molar-refractivity contribution >= 4 is 10.0 Å². The van der Waals surface area contributed by atoms with Crippen LogP contribution in [-0.4, -0.2) is 27.3 Å². The third-order valence-corrected chi connectivity index (χ3v) is 5.21. The summed E-state index contributed by atoms with van der Waals surface area (Å²) in [5, 5.41) is 0. The second-order valence-electron chi connectivity index (χ2n) is 6.86. The molecule has 0 aliphatic heterocycles. The predicted molar refractivity (Wildman–Crippen MR) is 75.8 cm³/mol. The highest BCUT2D eigenvalue weighted by atomic mass is 32.2. The highest BCUT2D eigenvalue weighted by molar-refractivity contribution is 7.89. The largest absolute Gasteiger partial charge is 0.330 e. The van der Waals surface area contributed by atoms with Gasteiger partial charge in [0.05, 0.1) is 5.75 Å². The molecule has 1 fully saturated rings. The third-order valence-electron chi connectivity index (χ3n) is 3.89. The van der Waals surface area contributed by atoms with Crippen molar-refractivity contribution in [3.63, 3.8) is 0 Å². The van der Waals surface area contributed by atoms with E-state index in [9.17, 15) is 8.42 Å². The van der Waals surface area contributed by atoms with Crippen molar-refractivity contribution in [1.29, 1.82) is 0 Å². The van der Waals surface area contributed by atoms with Gasteiger partial charge in [0.25, 0.3) is 0 Å². The molecule has 5 heteroatoms. The van der Waals surface area contributed by atoms with Gasteiger partial charge in [0.1, 0.15) is 0 Å². The van der Waals surface area contributed by atoms with Crippen LogP contribution in [0.3, 0.4) is 0 Å². The van der Waals surface area contributed by atoms with Gasteiger partial charge < -0.3 is 5.73 Å². The van der Waals surface area contributed by atoms with Crippen LogP contribution < -0.4 is 10.5 Å². The van der Waals surface area contributed by atoms with Gasteiger partial charge in [-0.25, -0.2) is 13.1 Å². The Morgan fingerprint density at radius 2 is 1.78 bits per heavy atom. The van der Waals surface area contributed by atoms with Crippen molar-refractivity contribution in [3.05, 3.63) is 0 Å². The van der Waals surface area contributed by atoms with Crippen LogP contribution in [0, 0.1) is 10.8 Å². The molecule has 1 saturated carbocycles. The molecule has 4 nitrogen and oxygen atoms in total. The molecule has 0 aromatic rings. The minimum Gasteiger partial charge on any atom is -0.330 e. The summed E-state index contributed by atoms with van der Waals surface area (Å²) in [5.74, 6) is 0.206. The van der Waals surface area contributed by atoms with Crippen LogP contribution in [0.1, 0.15) is 52.9 Å². The standard InChI is InChI=1S/C13H28N2O2S/c1-12(2,3)8-9-18(16,17)15-11-13(10-14)6-4-5-7-13/h15H,4-11,14H2,1-3H3. The van der Waals surface area contributed by atoms with Crippen LogP contribution in [0.15, 0.2) is 0 Å². The van der Waals surface area contributed by atoms with Gasteiger partial charge in [0.2, 0.25) is 10.0 Å². The van der Waals surface area contributed by atoms with Crippen molar-refractivity contribution in [3.8, 4) is 0 Å². The Labute approximate surface area is 112 Å². The van der Waals surface area contributed by atoms with Gasteiger partial charge in [0.15, 0.2) is 0 Å². The predicted octanol–water partition coefficient (Wildman–Crippen LogP) is 1.86. The summed E-state index contributed by atoms with van der Waals surface area (Å²) in [7, 11) is -3.16. The highest BCUT2D eigenvalue weighted by Gasteiger charge is 2.33. The maximum atomic E-state index is 11.9. The SMILES string of the molecule is CC(C)(C)CCS(=O)(=O)NCC1(CN)CCCC1. The molecule has 1 rings (SSSR count). The van der Waals surface area contributed by atoms with Crippen LogP contribution in [0.4, 0.5) is 0 Å². The molecule has 0 heterocycles. The number of hydrogen-bond acceptors (Lipinski definition) is 3. The van der Waals surface area contributed by atoms with E-state index in [1.807, 2.05) is 0 Å². The zero-order valence-corrected chi connectivity index (χ0v) is 12.8. The fourth-order valence-electron chi connectivity index (χ4n) is 2.35. The van der Waals surface area contributed by atoms with E-state index in [1.165, 1.54) is 12.8 Å². The second kappa shape index (κ2) is 5.88. The Morgan fingerprint density at radius 3 is 2.22 bits per heavy atom. The van der Waals surface area contributed by atoms with Crippen molar-refractivity contribution in [2.75, 3.05) is 18.8 Å². The Hall–Kier alpha value is -0.130. The molecule has 0 aromatic carbocycles. The molecule has 108 valence electrons. The molecule has 0 bridgehead atoms. The molecule has 1 aliphatic rings. The third kappa shape index (κ3) is 5.24. The quantitative estimate of drug-likeness (QED) is 0.778. The van der Waals surface area contributed by atoms with E-state index in [0.29, 0.717) is 19.5 Å². The number of nitrogens with one attached hydrogen (secondary N) is 1. The lowest BCUT2D eigenvalue weighted by molar-refractivity contribution is 0.309. The smallest absolute Gasteiger partial charge is 0.211 e. The van der Waals surface area contributed by atoms with E-state index in [0.717, 1.165) is 12.8 Å². The fraction of sp³-hybridized carbons (Fsp3) is 1.00. The number of sulfonamides is 1. The van der Waals surface area contributed by atoms with E-state index < -0.39 is 10.0 Å². The normalized spacial score (nSPS) is 20.2. The van der Waals surface area contributed by atoms with E-state index in [-0.39, 0.29) is 16.6 Å². The Kier molecular flexibility index (Phi) is 5.21. The zero-order chi connectivity index (χ0) is 13.9. The Bertz CT molecular complexity index is 352. The average Bonchev–Trinajstić information content (AvgIpc) is 2.73. The molecule has 0 saturated heterocycles. The molecule has 0 spiro atoms.